The summed E-state index contributed by atoms with van der Waals surface area (Å²) in [5.41, 5.74) is -0.0847. The van der Waals surface area contributed by atoms with Crippen LogP contribution in [0.1, 0.15) is 42.5 Å². The number of anilines is 3. The molecule has 0 atom stereocenters. The molecule has 0 aliphatic carbocycles. The van der Waals surface area contributed by atoms with E-state index in [0.717, 1.165) is 5.56 Å². The third-order valence-electron chi connectivity index (χ3n) is 7.16. The van der Waals surface area contributed by atoms with E-state index in [1.54, 1.807) is 58.0 Å². The third kappa shape index (κ3) is 8.13. The molecule has 0 aliphatic rings. The molecule has 0 radical (unpaired) electrons. The van der Waals surface area contributed by atoms with Gasteiger partial charge in [-0.05, 0) is 74.2 Å². The van der Waals surface area contributed by atoms with Crippen molar-refractivity contribution in [3.63, 3.8) is 0 Å². The fourth-order valence-corrected chi connectivity index (χ4v) is 9.34. The predicted molar refractivity (Wildman–Crippen MR) is 181 cm³/mol. The zero-order chi connectivity index (χ0) is 34.8. The first kappa shape index (κ1) is 35.9. The molecule has 0 saturated carbocycles. The van der Waals surface area contributed by atoms with Gasteiger partial charge in [-0.2, -0.15) is 8.42 Å². The average molecular weight is 722 g/mol. The van der Waals surface area contributed by atoms with Crippen LogP contribution < -0.4 is 14.2 Å². The molecule has 0 aliphatic heterocycles. The molecule has 12 nitrogen and oxygen atoms in total. The molecular formula is C31H35N3O9S4. The molecule has 4 N–H and O–H groups in total. The first-order valence-electron chi connectivity index (χ1n) is 14.4. The van der Waals surface area contributed by atoms with E-state index in [2.05, 4.69) is 14.2 Å². The van der Waals surface area contributed by atoms with Crippen LogP contribution >= 0.6 is 0 Å². The van der Waals surface area contributed by atoms with E-state index in [-0.39, 0.29) is 33.1 Å². The minimum absolute atomic E-state index is 0.151. The lowest BCUT2D eigenvalue weighted by molar-refractivity contribution is 0.483. The molecule has 0 unspecified atom stereocenters. The van der Waals surface area contributed by atoms with Gasteiger partial charge in [0.15, 0.2) is 0 Å². The first-order chi connectivity index (χ1) is 21.9. The Morgan fingerprint density at radius 1 is 0.596 bits per heavy atom. The largest absolute Gasteiger partial charge is 0.296 e. The SMILES string of the molecule is CCCc1c(NS(=O)(=O)c2ccc(C)cc2)c(NS(=O)(=O)c2cccc(C)c2)cc(S(=O)(=O)O)c1NS(=O)(=O)c1ccccc1CC. The van der Waals surface area contributed by atoms with E-state index < -0.39 is 62.1 Å². The van der Waals surface area contributed by atoms with Crippen LogP contribution in [0.3, 0.4) is 0 Å². The molecule has 4 aromatic rings. The highest BCUT2D eigenvalue weighted by molar-refractivity contribution is 7.93. The lowest BCUT2D eigenvalue weighted by atomic mass is 10.0. The number of hydrogen-bond donors (Lipinski definition) is 4. The first-order valence-corrected chi connectivity index (χ1v) is 20.3. The van der Waals surface area contributed by atoms with Crippen molar-refractivity contribution in [3.8, 4) is 0 Å². The van der Waals surface area contributed by atoms with Crippen LogP contribution in [0.15, 0.2) is 98.4 Å². The maximum atomic E-state index is 13.8. The van der Waals surface area contributed by atoms with Gasteiger partial charge >= 0.3 is 0 Å². The van der Waals surface area contributed by atoms with E-state index in [4.69, 9.17) is 0 Å². The summed E-state index contributed by atoms with van der Waals surface area (Å²) >= 11 is 0. The standard InChI is InChI=1S/C31H35N3O9S4/c1-5-10-26-30(33-44(35,36)24-17-15-21(3)16-18-24)27(32-45(37,38)25-13-9-11-22(4)19-25)20-29(47(41,42)43)31(26)34-46(39,40)28-14-8-7-12-23(28)6-2/h7-9,11-20,32-34H,5-6,10H2,1-4H3,(H,41,42,43). The van der Waals surface area contributed by atoms with E-state index in [9.17, 15) is 38.2 Å². The molecule has 252 valence electrons. The number of nitrogens with one attached hydrogen (secondary N) is 3. The van der Waals surface area contributed by atoms with Crippen LogP contribution in [0.25, 0.3) is 0 Å². The zero-order valence-electron chi connectivity index (χ0n) is 26.0. The summed E-state index contributed by atoms with van der Waals surface area (Å²) in [7, 11) is -18.7. The minimum Gasteiger partial charge on any atom is -0.282 e. The Morgan fingerprint density at radius 2 is 1.21 bits per heavy atom. The summed E-state index contributed by atoms with van der Waals surface area (Å²) in [6.45, 7) is 6.81. The topological polar surface area (TPSA) is 193 Å². The van der Waals surface area contributed by atoms with Crippen LogP contribution in [-0.4, -0.2) is 38.2 Å². The summed E-state index contributed by atoms with van der Waals surface area (Å²) in [6.07, 6.45) is 0.380. The van der Waals surface area contributed by atoms with Crippen LogP contribution in [0.5, 0.6) is 0 Å². The second-order valence-corrected chi connectivity index (χ2v) is 17.2. The summed E-state index contributed by atoms with van der Waals surface area (Å²) in [5.74, 6) is 0. The molecule has 0 saturated heterocycles. The van der Waals surface area contributed by atoms with Crippen molar-refractivity contribution in [3.05, 3.63) is 101 Å². The van der Waals surface area contributed by atoms with Crippen LogP contribution in [0.2, 0.25) is 0 Å². The lowest BCUT2D eigenvalue weighted by Crippen LogP contribution is -2.23. The quantitative estimate of drug-likeness (QED) is 0.130. The van der Waals surface area contributed by atoms with Crippen LogP contribution in [-0.2, 0) is 53.0 Å². The van der Waals surface area contributed by atoms with Crippen molar-refractivity contribution < 1.29 is 38.2 Å². The zero-order valence-corrected chi connectivity index (χ0v) is 29.2. The highest BCUT2D eigenvalue weighted by Gasteiger charge is 2.32. The van der Waals surface area contributed by atoms with E-state index >= 15 is 0 Å². The molecule has 4 rings (SSSR count). The van der Waals surface area contributed by atoms with E-state index in [0.29, 0.717) is 23.6 Å². The van der Waals surface area contributed by atoms with Gasteiger partial charge in [-0.1, -0.05) is 68.3 Å². The molecule has 0 fully saturated rings. The Hall–Kier alpha value is -3.96. The maximum Gasteiger partial charge on any atom is 0.296 e. The van der Waals surface area contributed by atoms with Crippen molar-refractivity contribution in [2.75, 3.05) is 14.2 Å². The van der Waals surface area contributed by atoms with Crippen molar-refractivity contribution >= 4 is 57.3 Å². The smallest absolute Gasteiger partial charge is 0.282 e. The molecule has 0 spiro atoms. The second-order valence-electron chi connectivity index (χ2n) is 10.8. The van der Waals surface area contributed by atoms with Crippen LogP contribution in [0, 0.1) is 13.8 Å². The highest BCUT2D eigenvalue weighted by Crippen LogP contribution is 2.42. The molecule has 0 heterocycles. The minimum atomic E-state index is -5.25. The monoisotopic (exact) mass is 721 g/mol. The van der Waals surface area contributed by atoms with Crippen molar-refractivity contribution in [1.29, 1.82) is 0 Å². The molecular weight excluding hydrogens is 687 g/mol. The average Bonchev–Trinajstić information content (AvgIpc) is 2.99. The summed E-state index contributed by atoms with van der Waals surface area (Å²) in [4.78, 5) is -1.57. The normalized spacial score (nSPS) is 12.4. The van der Waals surface area contributed by atoms with Gasteiger partial charge in [0.2, 0.25) is 0 Å². The van der Waals surface area contributed by atoms with E-state index in [1.165, 1.54) is 42.5 Å². The fourth-order valence-electron chi connectivity index (χ4n) is 4.87. The fraction of sp³-hybridized carbons (Fsp3) is 0.226. The highest BCUT2D eigenvalue weighted by atomic mass is 32.2. The number of sulfonamides is 3. The number of hydrogen-bond acceptors (Lipinski definition) is 8. The molecule has 0 aromatic heterocycles. The summed E-state index contributed by atoms with van der Waals surface area (Å²) in [6, 6.07) is 18.2. The van der Waals surface area contributed by atoms with Gasteiger partial charge < -0.3 is 0 Å². The van der Waals surface area contributed by atoms with Crippen molar-refractivity contribution in [1.82, 2.24) is 0 Å². The molecule has 0 amide bonds. The molecule has 47 heavy (non-hydrogen) atoms. The number of rotatable bonds is 13. The third-order valence-corrected chi connectivity index (χ3v) is 12.2. The second kappa shape index (κ2) is 13.6. The Balaban J connectivity index is 2.06. The van der Waals surface area contributed by atoms with Gasteiger partial charge in [-0.25, -0.2) is 25.3 Å². The van der Waals surface area contributed by atoms with Gasteiger partial charge in [-0.3, -0.25) is 18.7 Å². The summed E-state index contributed by atoms with van der Waals surface area (Å²) in [5, 5.41) is 0. The Kier molecular flexibility index (Phi) is 10.4. The molecule has 16 heteroatoms. The Labute approximate surface area is 276 Å². The van der Waals surface area contributed by atoms with Gasteiger partial charge in [0.25, 0.3) is 40.2 Å². The number of aryl methyl sites for hydroxylation is 3. The lowest BCUT2D eigenvalue weighted by Gasteiger charge is -2.24. The van der Waals surface area contributed by atoms with Gasteiger partial charge in [0.05, 0.1) is 31.7 Å². The van der Waals surface area contributed by atoms with Gasteiger partial charge in [0, 0.05) is 5.56 Å². The van der Waals surface area contributed by atoms with Gasteiger partial charge in [0.1, 0.15) is 4.90 Å². The molecule has 4 aromatic carbocycles. The van der Waals surface area contributed by atoms with Crippen LogP contribution in [0.4, 0.5) is 17.1 Å². The molecule has 0 bridgehead atoms. The maximum absolute atomic E-state index is 13.8. The van der Waals surface area contributed by atoms with Crippen molar-refractivity contribution in [2.45, 2.75) is 66.5 Å². The van der Waals surface area contributed by atoms with E-state index in [1.807, 2.05) is 0 Å². The Morgan fingerprint density at radius 3 is 1.81 bits per heavy atom. The van der Waals surface area contributed by atoms with Crippen molar-refractivity contribution in [2.24, 2.45) is 0 Å². The summed E-state index contributed by atoms with van der Waals surface area (Å²) < 4.78 is 125. The number of benzene rings is 4. The Bertz CT molecular complexity index is 2250. The van der Waals surface area contributed by atoms with Gasteiger partial charge in [-0.15, -0.1) is 0 Å². The predicted octanol–water partition coefficient (Wildman–Crippen LogP) is 5.47.